The molecule has 0 unspecified atom stereocenters. The number of hydrogen-bond acceptors (Lipinski definition) is 1. The second kappa shape index (κ2) is 7.36. The van der Waals surface area contributed by atoms with Crippen molar-refractivity contribution in [1.82, 2.24) is 10.5 Å². The predicted molar refractivity (Wildman–Crippen MR) is 86.9 cm³/mol. The Hall–Kier alpha value is 1.32. The molecule has 0 N–H and O–H groups in total. The Morgan fingerprint density at radius 2 is 1.94 bits per heavy atom. The summed E-state index contributed by atoms with van der Waals surface area (Å²) in [4.78, 5) is 0. The van der Waals surface area contributed by atoms with E-state index in [0.29, 0.717) is 0 Å². The van der Waals surface area contributed by atoms with Crippen LogP contribution in [0.25, 0.3) is 0 Å². The molecule has 106 valence electrons. The Balaban J connectivity index is 0.000000149. The smallest absolute Gasteiger partial charge is 0.0311 e. The number of imidazole rings is 1. The maximum Gasteiger partial charge on any atom is 0.0311 e. The van der Waals surface area contributed by atoms with Crippen LogP contribution < -0.4 is 0 Å². The van der Waals surface area contributed by atoms with Gasteiger partial charge in [-0.3, -0.25) is 0 Å². The molecule has 0 aliphatic heterocycles. The van der Waals surface area contributed by atoms with Crippen molar-refractivity contribution in [2.24, 2.45) is 13.0 Å². The van der Waals surface area contributed by atoms with Gasteiger partial charge in [-0.25, -0.2) is 0 Å². The van der Waals surface area contributed by atoms with Gasteiger partial charge in [0.1, 0.15) is 0 Å². The van der Waals surface area contributed by atoms with Crippen molar-refractivity contribution >= 4 is 45.7 Å². The van der Waals surface area contributed by atoms with E-state index in [2.05, 4.69) is 95.0 Å². The molecule has 0 amide bonds. The van der Waals surface area contributed by atoms with E-state index in [9.17, 15) is 0 Å². The molecule has 2 saturated carbocycles. The fourth-order valence-corrected chi connectivity index (χ4v) is 3.45. The maximum atomic E-state index is 2.37. The van der Waals surface area contributed by atoms with E-state index in [1.807, 2.05) is 0 Å². The molecule has 0 radical (unpaired) electrons. The minimum atomic E-state index is 0.890. The van der Waals surface area contributed by atoms with Crippen LogP contribution in [-0.4, -0.2) is 16.5 Å². The summed E-state index contributed by atoms with van der Waals surface area (Å²) in [5.41, 5.74) is 0. The van der Waals surface area contributed by atoms with Gasteiger partial charge >= 0.3 is 77.0 Å². The first kappa shape index (κ1) is 15.7. The van der Waals surface area contributed by atoms with E-state index in [1.54, 1.807) is 0 Å². The molecule has 0 aromatic carbocycles. The number of aryl methyl sites for hydroxylation is 1. The third kappa shape index (κ3) is 4.70. The summed E-state index contributed by atoms with van der Waals surface area (Å²) >= 11 is 7.05. The molecule has 6 heteroatoms. The van der Waals surface area contributed by atoms with Crippen molar-refractivity contribution in [3.8, 4) is 0 Å². The van der Waals surface area contributed by atoms with Crippen molar-refractivity contribution in [2.45, 2.75) is 44.7 Å². The first-order chi connectivity index (χ1) is 8.58. The number of nitrogens with zero attached hydrogens (tertiary/aromatic N) is 3. The molecule has 0 spiro atoms. The van der Waals surface area contributed by atoms with E-state index < -0.39 is 0 Å². The molecule has 18 heavy (non-hydrogen) atoms. The molecule has 0 saturated heterocycles. The summed E-state index contributed by atoms with van der Waals surface area (Å²) in [7, 11) is 2.09. The largest absolute Gasteiger partial charge is 0.185 e. The Kier molecular flexibility index (Phi) is 6.42. The summed E-state index contributed by atoms with van der Waals surface area (Å²) in [6.07, 6.45) is 11.4. The first-order valence-corrected chi connectivity index (χ1v) is 9.42. The average Bonchev–Trinajstić information content (AvgIpc) is 2.98. The topological polar surface area (TPSA) is 13.1 Å². The van der Waals surface area contributed by atoms with E-state index in [-0.39, 0.29) is 0 Å². The third-order valence-electron chi connectivity index (χ3n) is 3.46. The molecule has 0 atom stereocenters. The van der Waals surface area contributed by atoms with Crippen LogP contribution in [0.15, 0.2) is 12.4 Å². The standard InChI is InChI=1S/C8H12N2.C4H7I2N.Pt/c1-9-4-5-10(7-9)6-8-2-3-8;5-7(6)4-2-1-3-4;/h4-5,8H,2-3,6H2,1H3;4H,1-3H2;. The minimum absolute atomic E-state index is 0.890. The van der Waals surface area contributed by atoms with E-state index >= 15 is 0 Å². The molecule has 2 aliphatic carbocycles. The van der Waals surface area contributed by atoms with Crippen LogP contribution in [0.3, 0.4) is 0 Å². The monoisotopic (exact) mass is 654 g/mol. The van der Waals surface area contributed by atoms with Gasteiger partial charge in [0.05, 0.1) is 0 Å². The van der Waals surface area contributed by atoms with Crippen LogP contribution in [0.5, 0.6) is 0 Å². The molecule has 1 heterocycles. The van der Waals surface area contributed by atoms with Crippen LogP contribution in [0.1, 0.15) is 32.1 Å². The SMILES string of the molecule is Cn1ccn(CC2CC2)[c]1=[Pt].IN(I)C1CCC1. The molecular weight excluding hydrogens is 635 g/mol. The molecule has 3 rings (SSSR count). The van der Waals surface area contributed by atoms with Gasteiger partial charge in [-0.1, -0.05) is 6.42 Å². The van der Waals surface area contributed by atoms with E-state index in [1.165, 1.54) is 42.5 Å². The third-order valence-corrected chi connectivity index (χ3v) is 6.49. The normalized spacial score (nSPS) is 19.4. The van der Waals surface area contributed by atoms with Gasteiger partial charge in [0.25, 0.3) is 0 Å². The van der Waals surface area contributed by atoms with Gasteiger partial charge < -0.3 is 0 Å². The van der Waals surface area contributed by atoms with E-state index in [0.717, 1.165) is 12.0 Å². The van der Waals surface area contributed by atoms with Gasteiger partial charge in [-0.2, -0.15) is 1.33 Å². The summed E-state index contributed by atoms with van der Waals surface area (Å²) < 4.78 is 8.07. The van der Waals surface area contributed by atoms with Gasteiger partial charge in [0.2, 0.25) is 0 Å². The van der Waals surface area contributed by atoms with Crippen LogP contribution >= 0.6 is 45.7 Å². The van der Waals surface area contributed by atoms with Crippen LogP contribution in [0.4, 0.5) is 0 Å². The van der Waals surface area contributed by atoms with Gasteiger partial charge in [0.15, 0.2) is 0 Å². The minimum Gasteiger partial charge on any atom is -0.185 e. The first-order valence-electron chi connectivity index (χ1n) is 6.36. The summed E-state index contributed by atoms with van der Waals surface area (Å²) in [6.45, 7) is 1.22. The number of rotatable bonds is 3. The second-order valence-electron chi connectivity index (χ2n) is 5.09. The van der Waals surface area contributed by atoms with E-state index in [4.69, 9.17) is 0 Å². The molecule has 2 fully saturated rings. The number of aromatic nitrogens is 2. The van der Waals surface area contributed by atoms with Crippen LogP contribution in [0, 0.1) is 9.72 Å². The summed E-state index contributed by atoms with van der Waals surface area (Å²) in [6, 6.07) is 0.890. The number of hydrogen-bond donors (Lipinski definition) is 0. The van der Waals surface area contributed by atoms with Gasteiger partial charge in [0, 0.05) is 51.8 Å². The Bertz CT molecular complexity index is 433. The van der Waals surface area contributed by atoms with Gasteiger partial charge in [-0.05, 0) is 12.8 Å². The zero-order valence-corrected chi connectivity index (χ0v) is 17.1. The predicted octanol–water partition coefficient (Wildman–Crippen LogP) is 3.86. The fraction of sp³-hybridized carbons (Fsp3) is 0.750. The van der Waals surface area contributed by atoms with Crippen LogP contribution in [0.2, 0.25) is 0 Å². The van der Waals surface area contributed by atoms with Gasteiger partial charge in [-0.15, -0.1) is 0 Å². The van der Waals surface area contributed by atoms with Crippen molar-refractivity contribution in [1.29, 1.82) is 0 Å². The molecule has 0 bridgehead atoms. The number of halogens is 2. The molecule has 2 aliphatic rings. The Morgan fingerprint density at radius 3 is 2.22 bits per heavy atom. The van der Waals surface area contributed by atoms with Crippen molar-refractivity contribution in [3.05, 3.63) is 16.2 Å². The van der Waals surface area contributed by atoms with Crippen molar-refractivity contribution in [3.63, 3.8) is 0 Å². The zero-order valence-electron chi connectivity index (χ0n) is 10.5. The summed E-state index contributed by atoms with van der Waals surface area (Å²) in [5, 5.41) is 0. The fourth-order valence-electron chi connectivity index (χ4n) is 1.79. The summed E-state index contributed by atoms with van der Waals surface area (Å²) in [5.74, 6) is 0.969. The second-order valence-corrected chi connectivity index (χ2v) is 10.0. The molecule has 3 nitrogen and oxygen atoms in total. The zero-order chi connectivity index (χ0) is 13.1. The molecule has 1 aromatic heterocycles. The average molecular weight is 654 g/mol. The Morgan fingerprint density at radius 1 is 1.28 bits per heavy atom. The van der Waals surface area contributed by atoms with Crippen molar-refractivity contribution < 1.29 is 19.4 Å². The molecule has 1 aromatic rings. The van der Waals surface area contributed by atoms with Crippen LogP contribution in [-0.2, 0) is 32.9 Å². The maximum absolute atomic E-state index is 2.37. The quantitative estimate of drug-likeness (QED) is 0.357. The molecular formula is C12H19I2N3Pt. The Labute approximate surface area is 148 Å². The van der Waals surface area contributed by atoms with Crippen molar-refractivity contribution in [2.75, 3.05) is 0 Å².